The Morgan fingerprint density at radius 1 is 1.12 bits per heavy atom. The fourth-order valence-electron chi connectivity index (χ4n) is 2.13. The maximum absolute atomic E-state index is 14.3. The van der Waals surface area contributed by atoms with Crippen LogP contribution in [0.15, 0.2) is 28.7 Å². The van der Waals surface area contributed by atoms with Crippen LogP contribution in [0.25, 0.3) is 11.5 Å². The van der Waals surface area contributed by atoms with E-state index in [-0.39, 0.29) is 23.2 Å². The molecule has 9 heteroatoms. The van der Waals surface area contributed by atoms with Gasteiger partial charge in [0.15, 0.2) is 17.5 Å². The molecule has 5 nitrogen and oxygen atoms in total. The highest BCUT2D eigenvalue weighted by molar-refractivity contribution is 14.1. The van der Waals surface area contributed by atoms with Crippen molar-refractivity contribution in [3.63, 3.8) is 0 Å². The lowest BCUT2D eigenvalue weighted by molar-refractivity contribution is 0.449. The van der Waals surface area contributed by atoms with Crippen molar-refractivity contribution >= 4 is 40.0 Å². The van der Waals surface area contributed by atoms with Gasteiger partial charge in [-0.25, -0.2) is 13.2 Å². The molecule has 0 saturated heterocycles. The van der Waals surface area contributed by atoms with Crippen LogP contribution >= 0.6 is 22.6 Å². The maximum Gasteiger partial charge on any atom is 0.313 e. The number of nitrogens with two attached hydrogens (primary N) is 1. The first-order valence-corrected chi connectivity index (χ1v) is 7.74. The molecule has 124 valence electrons. The summed E-state index contributed by atoms with van der Waals surface area (Å²) >= 11 is 2.13. The van der Waals surface area contributed by atoms with Crippen LogP contribution in [-0.4, -0.2) is 10.2 Å². The molecule has 0 fully saturated rings. The van der Waals surface area contributed by atoms with Gasteiger partial charge in [-0.1, -0.05) is 5.10 Å². The van der Waals surface area contributed by atoms with E-state index in [4.69, 9.17) is 10.2 Å². The molecule has 0 aliphatic rings. The van der Waals surface area contributed by atoms with Gasteiger partial charge in [-0.3, -0.25) is 0 Å². The molecule has 0 saturated carbocycles. The summed E-state index contributed by atoms with van der Waals surface area (Å²) in [5, 5.41) is 9.80. The van der Waals surface area contributed by atoms with E-state index in [2.05, 4.69) is 38.1 Å². The van der Waals surface area contributed by atoms with Gasteiger partial charge in [0.25, 0.3) is 5.89 Å². The summed E-state index contributed by atoms with van der Waals surface area (Å²) in [6, 6.07) is 5.84. The third-order valence-electron chi connectivity index (χ3n) is 3.28. The topological polar surface area (TPSA) is 77.0 Å². The van der Waals surface area contributed by atoms with Crippen LogP contribution in [-0.2, 0) is 0 Å². The minimum absolute atomic E-state index is 0.131. The number of hydrogen-bond donors (Lipinski definition) is 2. The summed E-state index contributed by atoms with van der Waals surface area (Å²) in [5.41, 5.74) is 6.21. The average Bonchev–Trinajstić information content (AvgIpc) is 2.96. The SMILES string of the molecule is Cc1cc(I)ccc1Nc1c(-c2nnc(N)o2)cc(F)c(F)c1F. The summed E-state index contributed by atoms with van der Waals surface area (Å²) < 4.78 is 47.6. The largest absolute Gasteiger partial charge is 0.403 e. The minimum Gasteiger partial charge on any atom is -0.403 e. The van der Waals surface area contributed by atoms with Gasteiger partial charge in [-0.15, -0.1) is 5.10 Å². The summed E-state index contributed by atoms with van der Waals surface area (Å²) in [6.45, 7) is 1.80. The second-order valence-corrected chi connectivity index (χ2v) is 6.18. The third-order valence-corrected chi connectivity index (χ3v) is 3.95. The molecule has 3 N–H and O–H groups in total. The molecule has 0 aliphatic heterocycles. The van der Waals surface area contributed by atoms with Crippen LogP contribution in [0.3, 0.4) is 0 Å². The molecular formula is C15H10F3IN4O. The Morgan fingerprint density at radius 2 is 1.88 bits per heavy atom. The van der Waals surface area contributed by atoms with Gasteiger partial charge in [0.05, 0.1) is 11.3 Å². The van der Waals surface area contributed by atoms with Gasteiger partial charge < -0.3 is 15.5 Å². The van der Waals surface area contributed by atoms with Crippen molar-refractivity contribution in [3.8, 4) is 11.5 Å². The van der Waals surface area contributed by atoms with E-state index < -0.39 is 17.5 Å². The molecule has 2 aromatic carbocycles. The van der Waals surface area contributed by atoms with Crippen molar-refractivity contribution in [2.75, 3.05) is 11.1 Å². The van der Waals surface area contributed by atoms with Gasteiger partial charge >= 0.3 is 6.01 Å². The second-order valence-electron chi connectivity index (χ2n) is 4.94. The highest BCUT2D eigenvalue weighted by Crippen LogP contribution is 2.35. The van der Waals surface area contributed by atoms with E-state index in [9.17, 15) is 13.2 Å². The van der Waals surface area contributed by atoms with Crippen molar-refractivity contribution in [1.29, 1.82) is 0 Å². The zero-order valence-corrected chi connectivity index (χ0v) is 14.4. The van der Waals surface area contributed by atoms with Crippen LogP contribution in [0.1, 0.15) is 5.56 Å². The van der Waals surface area contributed by atoms with Crippen LogP contribution in [0, 0.1) is 27.9 Å². The highest BCUT2D eigenvalue weighted by Gasteiger charge is 2.23. The Morgan fingerprint density at radius 3 is 2.50 bits per heavy atom. The first kappa shape index (κ1) is 16.6. The molecular weight excluding hydrogens is 436 g/mol. The molecule has 0 bridgehead atoms. The van der Waals surface area contributed by atoms with E-state index in [0.717, 1.165) is 15.2 Å². The Balaban J connectivity index is 2.16. The molecule has 3 aromatic rings. The number of hydrogen-bond acceptors (Lipinski definition) is 5. The maximum atomic E-state index is 14.3. The van der Waals surface area contributed by atoms with Gasteiger partial charge in [-0.05, 0) is 59.3 Å². The standard InChI is InChI=1S/C15H10F3IN4O/c1-6-4-7(19)2-3-10(6)21-13-8(14-22-23-15(20)24-14)5-9(16)11(17)12(13)18/h2-5,21H,1H3,(H2,20,23). The summed E-state index contributed by atoms with van der Waals surface area (Å²) in [6.07, 6.45) is 0. The molecule has 0 atom stereocenters. The van der Waals surface area contributed by atoms with Gasteiger partial charge in [-0.2, -0.15) is 0 Å². The van der Waals surface area contributed by atoms with Crippen LogP contribution in [0.2, 0.25) is 0 Å². The molecule has 1 aromatic heterocycles. The first-order chi connectivity index (χ1) is 11.4. The first-order valence-electron chi connectivity index (χ1n) is 6.67. The number of rotatable bonds is 3. The zero-order chi connectivity index (χ0) is 17.4. The fourth-order valence-corrected chi connectivity index (χ4v) is 2.78. The molecule has 0 aliphatic carbocycles. The van der Waals surface area contributed by atoms with E-state index in [1.165, 1.54) is 0 Å². The van der Waals surface area contributed by atoms with E-state index >= 15 is 0 Å². The Labute approximate surface area is 148 Å². The number of aryl methyl sites for hydroxylation is 1. The second kappa shape index (κ2) is 6.30. The number of aromatic nitrogens is 2. The number of halogens is 4. The lowest BCUT2D eigenvalue weighted by atomic mass is 10.1. The van der Waals surface area contributed by atoms with Gasteiger partial charge in [0, 0.05) is 9.26 Å². The monoisotopic (exact) mass is 446 g/mol. The summed E-state index contributed by atoms with van der Waals surface area (Å²) in [4.78, 5) is 0. The summed E-state index contributed by atoms with van der Waals surface area (Å²) in [7, 11) is 0. The smallest absolute Gasteiger partial charge is 0.313 e. The predicted octanol–water partition coefficient (Wildman–Crippen LogP) is 4.39. The number of nitrogens with one attached hydrogen (secondary N) is 1. The molecule has 3 rings (SSSR count). The van der Waals surface area contributed by atoms with Crippen molar-refractivity contribution in [2.45, 2.75) is 6.92 Å². The average molecular weight is 446 g/mol. The Hall–Kier alpha value is -2.30. The normalized spacial score (nSPS) is 10.9. The summed E-state index contributed by atoms with van der Waals surface area (Å²) in [5.74, 6) is -4.59. The molecule has 0 radical (unpaired) electrons. The zero-order valence-electron chi connectivity index (χ0n) is 12.2. The Kier molecular flexibility index (Phi) is 4.35. The highest BCUT2D eigenvalue weighted by atomic mass is 127. The number of anilines is 3. The lowest BCUT2D eigenvalue weighted by Crippen LogP contribution is -2.03. The van der Waals surface area contributed by atoms with Crippen molar-refractivity contribution < 1.29 is 17.6 Å². The molecule has 0 amide bonds. The lowest BCUT2D eigenvalue weighted by Gasteiger charge is -2.14. The van der Waals surface area contributed by atoms with Gasteiger partial charge in [0.2, 0.25) is 0 Å². The molecule has 24 heavy (non-hydrogen) atoms. The number of nitrogen functional groups attached to an aromatic ring is 1. The number of benzene rings is 2. The van der Waals surface area contributed by atoms with E-state index in [1.807, 2.05) is 6.07 Å². The number of nitrogens with zero attached hydrogens (tertiary/aromatic N) is 2. The molecule has 1 heterocycles. The van der Waals surface area contributed by atoms with E-state index in [0.29, 0.717) is 5.69 Å². The Bertz CT molecular complexity index is 929. The predicted molar refractivity (Wildman–Crippen MR) is 91.2 cm³/mol. The van der Waals surface area contributed by atoms with Crippen molar-refractivity contribution in [1.82, 2.24) is 10.2 Å². The third kappa shape index (κ3) is 3.03. The molecule has 0 unspecified atom stereocenters. The van der Waals surface area contributed by atoms with E-state index in [1.54, 1.807) is 19.1 Å². The van der Waals surface area contributed by atoms with Crippen LogP contribution in [0.4, 0.5) is 30.6 Å². The fraction of sp³-hybridized carbons (Fsp3) is 0.0667. The van der Waals surface area contributed by atoms with Crippen LogP contribution in [0.5, 0.6) is 0 Å². The quantitative estimate of drug-likeness (QED) is 0.461. The van der Waals surface area contributed by atoms with Crippen molar-refractivity contribution in [2.24, 2.45) is 0 Å². The minimum atomic E-state index is -1.60. The van der Waals surface area contributed by atoms with Crippen molar-refractivity contribution in [3.05, 3.63) is 50.9 Å². The van der Waals surface area contributed by atoms with Gasteiger partial charge in [0.1, 0.15) is 0 Å². The van der Waals surface area contributed by atoms with Crippen LogP contribution < -0.4 is 11.1 Å². The molecule has 0 spiro atoms.